The van der Waals surface area contributed by atoms with Gasteiger partial charge in [0.2, 0.25) is 0 Å². The number of likely N-dealkylation sites (N-methyl/N-ethyl adjacent to an activating group) is 1. The van der Waals surface area contributed by atoms with Gasteiger partial charge in [-0.2, -0.15) is 5.10 Å². The number of benzene rings is 1. The van der Waals surface area contributed by atoms with Crippen molar-refractivity contribution in [3.63, 3.8) is 0 Å². The number of nitrogens with one attached hydrogen (secondary N) is 1. The predicted octanol–water partition coefficient (Wildman–Crippen LogP) is 0.774. The summed E-state index contributed by atoms with van der Waals surface area (Å²) in [6.45, 7) is 3.55. The number of halogens is 1. The Labute approximate surface area is 145 Å². The van der Waals surface area contributed by atoms with Crippen molar-refractivity contribution in [1.29, 1.82) is 0 Å². The maximum Gasteiger partial charge on any atom is 0.414 e. The van der Waals surface area contributed by atoms with Crippen LogP contribution in [0.3, 0.4) is 0 Å². The molecular formula is C16H22FN5O3. The van der Waals surface area contributed by atoms with Crippen molar-refractivity contribution in [2.45, 2.75) is 19.3 Å². The molecule has 0 radical (unpaired) electrons. The van der Waals surface area contributed by atoms with E-state index >= 15 is 0 Å². The van der Waals surface area contributed by atoms with E-state index < -0.39 is 24.2 Å². The summed E-state index contributed by atoms with van der Waals surface area (Å²) in [6, 6.07) is 4.65. The van der Waals surface area contributed by atoms with Gasteiger partial charge in [0, 0.05) is 20.1 Å². The first kappa shape index (κ1) is 17.4. The van der Waals surface area contributed by atoms with Gasteiger partial charge in [0.1, 0.15) is 24.5 Å². The van der Waals surface area contributed by atoms with E-state index in [9.17, 15) is 14.3 Å². The fourth-order valence-electron chi connectivity index (χ4n) is 2.74. The van der Waals surface area contributed by atoms with Crippen LogP contribution in [0.5, 0.6) is 0 Å². The fraction of sp³-hybridized carbons (Fsp3) is 0.500. The Morgan fingerprint density at radius 1 is 1.48 bits per heavy atom. The molecule has 1 unspecified atom stereocenters. The molecule has 2 atom stereocenters. The number of amides is 1. The van der Waals surface area contributed by atoms with Gasteiger partial charge in [-0.3, -0.25) is 15.2 Å². The van der Waals surface area contributed by atoms with Gasteiger partial charge in [-0.15, -0.1) is 0 Å². The third kappa shape index (κ3) is 3.99. The molecule has 0 saturated carbocycles. The minimum absolute atomic E-state index is 0.299. The number of nitrogens with zero attached hydrogens (tertiary/aromatic N) is 4. The lowest BCUT2D eigenvalue weighted by atomic mass is 10.2. The molecule has 0 aromatic heterocycles. The number of cyclic esters (lactones) is 1. The van der Waals surface area contributed by atoms with E-state index in [0.717, 1.165) is 0 Å². The van der Waals surface area contributed by atoms with Crippen LogP contribution >= 0.6 is 0 Å². The fourth-order valence-corrected chi connectivity index (χ4v) is 2.74. The number of hydrogen-bond donors (Lipinski definition) is 2. The molecule has 0 bridgehead atoms. The monoisotopic (exact) mass is 351 g/mol. The SMILES string of the molecule is CC(O)NC[C@H]1CN(c2ccc(N3C=NN(C)CC3)c(F)c2)C(=O)O1. The molecule has 0 aliphatic carbocycles. The minimum Gasteiger partial charge on any atom is -0.443 e. The zero-order chi connectivity index (χ0) is 18.0. The third-order valence-electron chi connectivity index (χ3n) is 4.12. The molecule has 8 nitrogen and oxygen atoms in total. The maximum absolute atomic E-state index is 14.5. The van der Waals surface area contributed by atoms with Crippen LogP contribution in [0.15, 0.2) is 23.3 Å². The Balaban J connectivity index is 1.70. The van der Waals surface area contributed by atoms with E-state index in [1.807, 2.05) is 7.05 Å². The summed E-state index contributed by atoms with van der Waals surface area (Å²) in [5.74, 6) is -0.424. The Morgan fingerprint density at radius 2 is 2.28 bits per heavy atom. The normalized spacial score (nSPS) is 21.7. The molecule has 1 saturated heterocycles. The molecule has 1 fully saturated rings. The van der Waals surface area contributed by atoms with Crippen LogP contribution in [0, 0.1) is 5.82 Å². The Morgan fingerprint density at radius 3 is 2.92 bits per heavy atom. The van der Waals surface area contributed by atoms with Gasteiger partial charge < -0.3 is 14.7 Å². The van der Waals surface area contributed by atoms with E-state index in [-0.39, 0.29) is 0 Å². The van der Waals surface area contributed by atoms with Crippen molar-refractivity contribution < 1.29 is 19.0 Å². The van der Waals surface area contributed by atoms with Gasteiger partial charge in [0.05, 0.1) is 24.5 Å². The van der Waals surface area contributed by atoms with Crippen LogP contribution in [-0.4, -0.2) is 68.1 Å². The highest BCUT2D eigenvalue weighted by molar-refractivity contribution is 5.90. The van der Waals surface area contributed by atoms with Crippen molar-refractivity contribution in [2.75, 3.05) is 43.0 Å². The average molecular weight is 351 g/mol. The average Bonchev–Trinajstić information content (AvgIpc) is 2.95. The van der Waals surface area contributed by atoms with Crippen molar-refractivity contribution in [3.8, 4) is 0 Å². The first-order valence-corrected chi connectivity index (χ1v) is 8.15. The molecule has 136 valence electrons. The highest BCUT2D eigenvalue weighted by Crippen LogP contribution is 2.28. The predicted molar refractivity (Wildman–Crippen MR) is 92.2 cm³/mol. The second-order valence-corrected chi connectivity index (χ2v) is 6.14. The number of aliphatic hydroxyl groups excluding tert-OH is 1. The topological polar surface area (TPSA) is 80.6 Å². The molecule has 0 spiro atoms. The minimum atomic E-state index is -0.685. The number of hydrazone groups is 1. The molecule has 1 aromatic rings. The summed E-state index contributed by atoms with van der Waals surface area (Å²) < 4.78 is 19.8. The molecule has 3 rings (SSSR count). The smallest absolute Gasteiger partial charge is 0.414 e. The maximum atomic E-state index is 14.5. The van der Waals surface area contributed by atoms with Crippen LogP contribution < -0.4 is 15.1 Å². The van der Waals surface area contributed by atoms with Gasteiger partial charge >= 0.3 is 6.09 Å². The highest BCUT2D eigenvalue weighted by atomic mass is 19.1. The first-order chi connectivity index (χ1) is 11.9. The Bertz CT molecular complexity index is 669. The van der Waals surface area contributed by atoms with Crippen LogP contribution in [0.25, 0.3) is 0 Å². The lowest BCUT2D eigenvalue weighted by molar-refractivity contribution is 0.110. The van der Waals surface area contributed by atoms with Gasteiger partial charge in [-0.05, 0) is 25.1 Å². The largest absolute Gasteiger partial charge is 0.443 e. The van der Waals surface area contributed by atoms with Crippen LogP contribution in [0.1, 0.15) is 6.92 Å². The second kappa shape index (κ2) is 7.24. The number of aliphatic hydroxyl groups is 1. The van der Waals surface area contributed by atoms with Crippen LogP contribution in [-0.2, 0) is 4.74 Å². The number of rotatable bonds is 5. The summed E-state index contributed by atoms with van der Waals surface area (Å²) in [5, 5.41) is 18.0. The number of carbonyl (C=O) groups excluding carboxylic acids is 1. The van der Waals surface area contributed by atoms with Gasteiger partial charge in [0.25, 0.3) is 0 Å². The highest BCUT2D eigenvalue weighted by Gasteiger charge is 2.32. The van der Waals surface area contributed by atoms with E-state index in [0.29, 0.717) is 37.6 Å². The zero-order valence-electron chi connectivity index (χ0n) is 14.2. The van der Waals surface area contributed by atoms with Crippen molar-refractivity contribution in [2.24, 2.45) is 5.10 Å². The van der Waals surface area contributed by atoms with E-state index in [2.05, 4.69) is 10.4 Å². The van der Waals surface area contributed by atoms with E-state index in [1.165, 1.54) is 11.0 Å². The zero-order valence-corrected chi connectivity index (χ0v) is 14.2. The molecule has 2 aliphatic rings. The Kier molecular flexibility index (Phi) is 5.05. The van der Waals surface area contributed by atoms with Crippen molar-refractivity contribution in [3.05, 3.63) is 24.0 Å². The van der Waals surface area contributed by atoms with Gasteiger partial charge in [0.15, 0.2) is 0 Å². The van der Waals surface area contributed by atoms with Gasteiger partial charge in [-0.25, -0.2) is 9.18 Å². The van der Waals surface area contributed by atoms with Crippen molar-refractivity contribution >= 4 is 23.8 Å². The lowest BCUT2D eigenvalue weighted by Gasteiger charge is -2.28. The quantitative estimate of drug-likeness (QED) is 0.763. The van der Waals surface area contributed by atoms with Crippen LogP contribution in [0.4, 0.5) is 20.6 Å². The number of carbonyl (C=O) groups is 1. The summed E-state index contributed by atoms with van der Waals surface area (Å²) in [4.78, 5) is 15.1. The second-order valence-electron chi connectivity index (χ2n) is 6.14. The lowest BCUT2D eigenvalue weighted by Crippen LogP contribution is -2.36. The summed E-state index contributed by atoms with van der Waals surface area (Å²) in [6.07, 6.45) is -0.0150. The molecule has 1 amide bonds. The molecule has 25 heavy (non-hydrogen) atoms. The summed E-state index contributed by atoms with van der Waals surface area (Å²) >= 11 is 0. The number of anilines is 2. The first-order valence-electron chi connectivity index (χ1n) is 8.15. The Hall–Kier alpha value is -2.39. The van der Waals surface area contributed by atoms with Gasteiger partial charge in [-0.1, -0.05) is 0 Å². The molecule has 1 aromatic carbocycles. The molecular weight excluding hydrogens is 329 g/mol. The number of hydrogen-bond acceptors (Lipinski definition) is 7. The molecule has 2 heterocycles. The number of ether oxygens (including phenoxy) is 1. The summed E-state index contributed by atoms with van der Waals surface area (Å²) in [5.41, 5.74) is 0.859. The molecule has 2 N–H and O–H groups in total. The van der Waals surface area contributed by atoms with Crippen LogP contribution in [0.2, 0.25) is 0 Å². The van der Waals surface area contributed by atoms with E-state index in [1.54, 1.807) is 35.3 Å². The standard InChI is InChI=1S/C16H22FN5O3/c1-11(23)18-8-13-9-22(16(24)25-13)12-3-4-15(14(17)7-12)21-6-5-20(2)19-10-21/h3-4,7,10-11,13,18,23H,5-6,8-9H2,1-2H3/t11?,13-/m0/s1. The van der Waals surface area contributed by atoms with E-state index in [4.69, 9.17) is 4.74 Å². The third-order valence-corrected chi connectivity index (χ3v) is 4.12. The molecule has 9 heteroatoms. The van der Waals surface area contributed by atoms with Crippen molar-refractivity contribution in [1.82, 2.24) is 10.3 Å². The summed E-state index contributed by atoms with van der Waals surface area (Å²) in [7, 11) is 1.86. The molecule has 2 aliphatic heterocycles.